The van der Waals surface area contributed by atoms with Gasteiger partial charge in [-0.05, 0) is 30.0 Å². The zero-order valence-electron chi connectivity index (χ0n) is 14.1. The molecule has 0 saturated carbocycles. The van der Waals surface area contributed by atoms with Gasteiger partial charge in [0.2, 0.25) is 15.9 Å². The van der Waals surface area contributed by atoms with Gasteiger partial charge in [0.25, 0.3) is 0 Å². The Labute approximate surface area is 138 Å². The zero-order valence-corrected chi connectivity index (χ0v) is 14.9. The van der Waals surface area contributed by atoms with Crippen molar-refractivity contribution in [1.29, 1.82) is 0 Å². The van der Waals surface area contributed by atoms with Gasteiger partial charge in [-0.25, -0.2) is 13.1 Å². The third-order valence-electron chi connectivity index (χ3n) is 3.31. The Bertz CT molecular complexity index is 597. The summed E-state index contributed by atoms with van der Waals surface area (Å²) in [6, 6.07) is 6.38. The summed E-state index contributed by atoms with van der Waals surface area (Å²) in [6.07, 6.45) is 2.02. The van der Waals surface area contributed by atoms with Crippen LogP contribution in [-0.4, -0.2) is 34.2 Å². The van der Waals surface area contributed by atoms with Gasteiger partial charge in [-0.3, -0.25) is 4.79 Å². The van der Waals surface area contributed by atoms with Crippen molar-refractivity contribution in [1.82, 2.24) is 10.0 Å². The Balaban J connectivity index is 2.77. The van der Waals surface area contributed by atoms with Gasteiger partial charge < -0.3 is 10.1 Å². The SMILES string of the molecule is COc1ccc([C@H](CC(=O)NCCC(C)C)NS(C)(=O)=O)cc1. The molecule has 0 fully saturated rings. The van der Waals surface area contributed by atoms with Gasteiger partial charge in [0.05, 0.1) is 19.4 Å². The number of methoxy groups -OCH3 is 1. The molecule has 0 saturated heterocycles. The summed E-state index contributed by atoms with van der Waals surface area (Å²) in [5.74, 6) is 0.998. The molecule has 0 heterocycles. The van der Waals surface area contributed by atoms with Crippen LogP contribution in [0.1, 0.15) is 38.3 Å². The van der Waals surface area contributed by atoms with Gasteiger partial charge >= 0.3 is 0 Å². The normalized spacial score (nSPS) is 12.9. The average Bonchev–Trinajstić information content (AvgIpc) is 2.45. The van der Waals surface area contributed by atoms with Crippen LogP contribution in [0.2, 0.25) is 0 Å². The summed E-state index contributed by atoms with van der Waals surface area (Å²) in [7, 11) is -1.87. The second-order valence-electron chi connectivity index (χ2n) is 5.95. The summed E-state index contributed by atoms with van der Waals surface area (Å²) in [4.78, 5) is 12.0. The van der Waals surface area contributed by atoms with E-state index in [9.17, 15) is 13.2 Å². The number of nitrogens with one attached hydrogen (secondary N) is 2. The number of hydrogen-bond acceptors (Lipinski definition) is 4. The first-order valence-corrected chi connectivity index (χ1v) is 9.48. The van der Waals surface area contributed by atoms with Gasteiger partial charge in [-0.1, -0.05) is 26.0 Å². The highest BCUT2D eigenvalue weighted by Crippen LogP contribution is 2.21. The van der Waals surface area contributed by atoms with Crippen molar-refractivity contribution in [3.8, 4) is 5.75 Å². The van der Waals surface area contributed by atoms with E-state index < -0.39 is 16.1 Å². The van der Waals surface area contributed by atoms with Gasteiger partial charge in [0.1, 0.15) is 5.75 Å². The maximum atomic E-state index is 12.0. The van der Waals surface area contributed by atoms with Crippen molar-refractivity contribution in [2.24, 2.45) is 5.92 Å². The number of carbonyl (C=O) groups is 1. The van der Waals surface area contributed by atoms with E-state index in [-0.39, 0.29) is 12.3 Å². The number of hydrogen-bond donors (Lipinski definition) is 2. The highest BCUT2D eigenvalue weighted by molar-refractivity contribution is 7.88. The smallest absolute Gasteiger partial charge is 0.221 e. The largest absolute Gasteiger partial charge is 0.497 e. The zero-order chi connectivity index (χ0) is 17.5. The standard InChI is InChI=1S/C16H26N2O4S/c1-12(2)9-10-17-16(19)11-15(18-23(4,20)21)13-5-7-14(22-3)8-6-13/h5-8,12,15,18H,9-11H2,1-4H3,(H,17,19)/t15-/m0/s1. The molecule has 0 aromatic heterocycles. The molecule has 0 radical (unpaired) electrons. The monoisotopic (exact) mass is 342 g/mol. The van der Waals surface area contributed by atoms with Crippen LogP contribution in [0.25, 0.3) is 0 Å². The van der Waals surface area contributed by atoms with Crippen LogP contribution >= 0.6 is 0 Å². The predicted molar refractivity (Wildman–Crippen MR) is 90.8 cm³/mol. The minimum atomic E-state index is -3.43. The van der Waals surface area contributed by atoms with Crippen LogP contribution in [0.4, 0.5) is 0 Å². The number of amides is 1. The number of benzene rings is 1. The van der Waals surface area contributed by atoms with Crippen molar-refractivity contribution < 1.29 is 17.9 Å². The van der Waals surface area contributed by atoms with Gasteiger partial charge in [-0.15, -0.1) is 0 Å². The third kappa shape index (κ3) is 7.99. The molecule has 1 amide bonds. The Morgan fingerprint density at radius 3 is 2.30 bits per heavy atom. The molecule has 1 atom stereocenters. The molecular weight excluding hydrogens is 316 g/mol. The van der Waals surface area contributed by atoms with Crippen LogP contribution < -0.4 is 14.8 Å². The predicted octanol–water partition coefficient (Wildman–Crippen LogP) is 1.84. The molecule has 0 unspecified atom stereocenters. The molecule has 0 spiro atoms. The van der Waals surface area contributed by atoms with Gasteiger partial charge in [0, 0.05) is 13.0 Å². The maximum Gasteiger partial charge on any atom is 0.221 e. The van der Waals surface area contributed by atoms with Crippen LogP contribution in [-0.2, 0) is 14.8 Å². The molecule has 1 aromatic rings. The summed E-state index contributed by atoms with van der Waals surface area (Å²) in [5, 5.41) is 2.82. The van der Waals surface area contributed by atoms with Crippen LogP contribution in [0, 0.1) is 5.92 Å². The molecule has 23 heavy (non-hydrogen) atoms. The lowest BCUT2D eigenvalue weighted by Gasteiger charge is -2.18. The molecule has 0 aliphatic rings. The van der Waals surface area contributed by atoms with Crippen LogP contribution in [0.3, 0.4) is 0 Å². The molecule has 2 N–H and O–H groups in total. The minimum absolute atomic E-state index is 0.0531. The van der Waals surface area contributed by atoms with E-state index in [4.69, 9.17) is 4.74 Å². The summed E-state index contributed by atoms with van der Waals surface area (Å²) in [6.45, 7) is 4.75. The van der Waals surface area contributed by atoms with Gasteiger partial charge in [-0.2, -0.15) is 0 Å². The van der Waals surface area contributed by atoms with E-state index >= 15 is 0 Å². The first-order valence-electron chi connectivity index (χ1n) is 7.59. The molecule has 1 aromatic carbocycles. The van der Waals surface area contributed by atoms with Crippen molar-refractivity contribution >= 4 is 15.9 Å². The fourth-order valence-electron chi connectivity index (χ4n) is 2.08. The number of rotatable bonds is 9. The van der Waals surface area contributed by atoms with Crippen molar-refractivity contribution in [2.45, 2.75) is 32.7 Å². The first-order chi connectivity index (χ1) is 10.7. The minimum Gasteiger partial charge on any atom is -0.497 e. The molecule has 130 valence electrons. The lowest BCUT2D eigenvalue weighted by Crippen LogP contribution is -2.33. The highest BCUT2D eigenvalue weighted by Gasteiger charge is 2.19. The van der Waals surface area contributed by atoms with Crippen molar-refractivity contribution in [3.05, 3.63) is 29.8 Å². The quantitative estimate of drug-likeness (QED) is 0.717. The fourth-order valence-corrected chi connectivity index (χ4v) is 2.82. The Hall–Kier alpha value is -1.60. The molecule has 0 aliphatic carbocycles. The Morgan fingerprint density at radius 1 is 1.22 bits per heavy atom. The number of sulfonamides is 1. The van der Waals surface area contributed by atoms with E-state index in [2.05, 4.69) is 23.9 Å². The topological polar surface area (TPSA) is 84.5 Å². The second kappa shape index (κ2) is 8.88. The van der Waals surface area contributed by atoms with E-state index in [1.165, 1.54) is 0 Å². The summed E-state index contributed by atoms with van der Waals surface area (Å²) < 4.78 is 30.7. The molecule has 0 bridgehead atoms. The first kappa shape index (κ1) is 19.4. The highest BCUT2D eigenvalue weighted by atomic mass is 32.2. The van der Waals surface area contributed by atoms with Crippen molar-refractivity contribution in [3.63, 3.8) is 0 Å². The van der Waals surface area contributed by atoms with Crippen LogP contribution in [0.5, 0.6) is 5.75 Å². The molecule has 0 aliphatic heterocycles. The molecular formula is C16H26N2O4S. The number of ether oxygens (including phenoxy) is 1. The third-order valence-corrected chi connectivity index (χ3v) is 4.02. The second-order valence-corrected chi connectivity index (χ2v) is 7.73. The number of carbonyl (C=O) groups excluding carboxylic acids is 1. The van der Waals surface area contributed by atoms with E-state index in [0.29, 0.717) is 18.2 Å². The Morgan fingerprint density at radius 2 is 1.83 bits per heavy atom. The average molecular weight is 342 g/mol. The van der Waals surface area contributed by atoms with Gasteiger partial charge in [0.15, 0.2) is 0 Å². The molecule has 1 rings (SSSR count). The summed E-state index contributed by atoms with van der Waals surface area (Å²) >= 11 is 0. The molecule has 7 heteroatoms. The van der Waals surface area contributed by atoms with E-state index in [1.54, 1.807) is 31.4 Å². The lowest BCUT2D eigenvalue weighted by atomic mass is 10.0. The van der Waals surface area contributed by atoms with E-state index in [1.807, 2.05) is 0 Å². The Kier molecular flexibility index (Phi) is 7.51. The van der Waals surface area contributed by atoms with Crippen molar-refractivity contribution in [2.75, 3.05) is 19.9 Å². The van der Waals surface area contributed by atoms with E-state index in [0.717, 1.165) is 18.2 Å². The maximum absolute atomic E-state index is 12.0. The molecule has 6 nitrogen and oxygen atoms in total. The lowest BCUT2D eigenvalue weighted by molar-refractivity contribution is -0.121. The summed E-state index contributed by atoms with van der Waals surface area (Å²) in [5.41, 5.74) is 0.718. The van der Waals surface area contributed by atoms with Crippen LogP contribution in [0.15, 0.2) is 24.3 Å². The fraction of sp³-hybridized carbons (Fsp3) is 0.562.